The summed E-state index contributed by atoms with van der Waals surface area (Å²) in [7, 11) is 0. The zero-order chi connectivity index (χ0) is 15.8. The predicted octanol–water partition coefficient (Wildman–Crippen LogP) is 4.53. The Hall–Kier alpha value is -0.530. The molecule has 1 N–H and O–H groups in total. The lowest BCUT2D eigenvalue weighted by Gasteiger charge is -2.61. The van der Waals surface area contributed by atoms with Crippen molar-refractivity contribution in [2.75, 3.05) is 0 Å². The van der Waals surface area contributed by atoms with E-state index in [1.165, 1.54) is 44.9 Å². The third kappa shape index (κ3) is 1.88. The zero-order valence-corrected chi connectivity index (χ0v) is 14.9. The summed E-state index contributed by atoms with van der Waals surface area (Å²) < 4.78 is 0. The molecule has 0 aromatic carbocycles. The van der Waals surface area contributed by atoms with Gasteiger partial charge in [-0.15, -0.1) is 0 Å². The lowest BCUT2D eigenvalue weighted by Crippen LogP contribution is -2.64. The van der Waals surface area contributed by atoms with Gasteiger partial charge in [0.05, 0.1) is 0 Å². The maximum Gasteiger partial charge on any atom is 0.225 e. The molecule has 3 aliphatic carbocycles. The van der Waals surface area contributed by atoms with Crippen LogP contribution < -0.4 is 5.32 Å². The summed E-state index contributed by atoms with van der Waals surface area (Å²) >= 11 is 0. The van der Waals surface area contributed by atoms with Crippen molar-refractivity contribution in [3.8, 4) is 0 Å². The molecular weight excluding hydrogens is 270 g/mol. The number of nitrogens with one attached hydrogen (secondary N) is 1. The minimum absolute atomic E-state index is 0.191. The van der Waals surface area contributed by atoms with E-state index in [0.29, 0.717) is 16.9 Å². The summed E-state index contributed by atoms with van der Waals surface area (Å²) in [5, 5.41) is 3.41. The first kappa shape index (κ1) is 15.0. The summed E-state index contributed by atoms with van der Waals surface area (Å²) in [5.74, 6) is 3.01. The van der Waals surface area contributed by atoms with Gasteiger partial charge in [0.2, 0.25) is 5.91 Å². The van der Waals surface area contributed by atoms with Gasteiger partial charge in [-0.2, -0.15) is 0 Å². The first-order valence-electron chi connectivity index (χ1n) is 9.57. The highest BCUT2D eigenvalue weighted by Crippen LogP contribution is 2.64. The van der Waals surface area contributed by atoms with E-state index in [2.05, 4.69) is 33.0 Å². The molecule has 0 unspecified atom stereocenters. The maximum absolute atomic E-state index is 12.4. The fourth-order valence-corrected chi connectivity index (χ4v) is 7.33. The Morgan fingerprint density at radius 3 is 2.50 bits per heavy atom. The van der Waals surface area contributed by atoms with Crippen LogP contribution in [0, 0.1) is 34.0 Å². The van der Waals surface area contributed by atoms with Crippen LogP contribution in [-0.2, 0) is 4.79 Å². The standard InChI is InChI=1S/C20H33NO/c1-18(2)12-20(4)15-9-11-19(3)10-5-6-14(19)13(15)7-8-16(20)21-17(18)22/h13-16H,5-12H2,1-4H3,(H,21,22)/t13-,14-,15-,16+,19-,20+/m0/s1. The minimum atomic E-state index is -0.191. The quantitative estimate of drug-likeness (QED) is 0.699. The largest absolute Gasteiger partial charge is 0.352 e. The van der Waals surface area contributed by atoms with E-state index in [1.807, 2.05) is 0 Å². The van der Waals surface area contributed by atoms with Gasteiger partial charge >= 0.3 is 0 Å². The molecule has 0 aromatic heterocycles. The van der Waals surface area contributed by atoms with Crippen molar-refractivity contribution < 1.29 is 4.79 Å². The smallest absolute Gasteiger partial charge is 0.225 e. The van der Waals surface area contributed by atoms with Gasteiger partial charge in [0, 0.05) is 11.5 Å². The van der Waals surface area contributed by atoms with Crippen molar-refractivity contribution in [3.05, 3.63) is 0 Å². The van der Waals surface area contributed by atoms with Gasteiger partial charge in [-0.1, -0.05) is 34.1 Å². The zero-order valence-electron chi connectivity index (χ0n) is 14.9. The average Bonchev–Trinajstić information content (AvgIpc) is 2.82. The molecule has 3 saturated carbocycles. The van der Waals surface area contributed by atoms with Crippen LogP contribution in [0.2, 0.25) is 0 Å². The van der Waals surface area contributed by atoms with Crippen LogP contribution in [0.1, 0.15) is 79.1 Å². The van der Waals surface area contributed by atoms with Crippen LogP contribution in [0.4, 0.5) is 0 Å². The van der Waals surface area contributed by atoms with E-state index >= 15 is 0 Å². The molecular formula is C20H33NO. The minimum Gasteiger partial charge on any atom is -0.352 e. The summed E-state index contributed by atoms with van der Waals surface area (Å²) in [4.78, 5) is 12.4. The SMILES string of the molecule is CC1(C)C[C@@]2(C)[C@@H](CC[C@H]3[C@@H]4CCC[C@@]4(C)CC[C@@H]32)NC1=O. The first-order chi connectivity index (χ1) is 10.3. The van der Waals surface area contributed by atoms with Gasteiger partial charge in [-0.25, -0.2) is 0 Å². The molecule has 4 rings (SSSR count). The molecule has 4 fully saturated rings. The van der Waals surface area contributed by atoms with Crippen LogP contribution >= 0.6 is 0 Å². The third-order valence-corrected chi connectivity index (χ3v) is 8.39. The molecule has 124 valence electrons. The number of hydrogen-bond donors (Lipinski definition) is 1. The van der Waals surface area contributed by atoms with E-state index in [0.717, 1.165) is 24.2 Å². The highest BCUT2D eigenvalue weighted by atomic mass is 16.2. The van der Waals surface area contributed by atoms with Gasteiger partial charge in [0.25, 0.3) is 0 Å². The van der Waals surface area contributed by atoms with Crippen LogP contribution in [0.25, 0.3) is 0 Å². The molecule has 0 bridgehead atoms. The molecule has 22 heavy (non-hydrogen) atoms. The van der Waals surface area contributed by atoms with Gasteiger partial charge in [0.1, 0.15) is 0 Å². The highest BCUT2D eigenvalue weighted by Gasteiger charge is 2.60. The number of hydrogen-bond acceptors (Lipinski definition) is 1. The van der Waals surface area contributed by atoms with Gasteiger partial charge < -0.3 is 5.32 Å². The Morgan fingerprint density at radius 1 is 0.955 bits per heavy atom. The molecule has 1 amide bonds. The Kier molecular flexibility index (Phi) is 3.08. The Balaban J connectivity index is 1.67. The lowest BCUT2D eigenvalue weighted by atomic mass is 9.46. The first-order valence-corrected chi connectivity index (χ1v) is 9.57. The molecule has 1 heterocycles. The third-order valence-electron chi connectivity index (χ3n) is 8.39. The van der Waals surface area contributed by atoms with Crippen LogP contribution in [-0.4, -0.2) is 11.9 Å². The molecule has 1 saturated heterocycles. The van der Waals surface area contributed by atoms with E-state index in [9.17, 15) is 4.79 Å². The summed E-state index contributed by atoms with van der Waals surface area (Å²) in [6, 6.07) is 0.431. The van der Waals surface area contributed by atoms with Gasteiger partial charge in [-0.3, -0.25) is 4.79 Å². The second kappa shape index (κ2) is 4.51. The van der Waals surface area contributed by atoms with Crippen molar-refractivity contribution in [1.82, 2.24) is 5.32 Å². The summed E-state index contributed by atoms with van der Waals surface area (Å²) in [6.07, 6.45) is 10.9. The van der Waals surface area contributed by atoms with E-state index in [-0.39, 0.29) is 11.3 Å². The number of piperidine rings is 1. The van der Waals surface area contributed by atoms with Crippen molar-refractivity contribution >= 4 is 5.91 Å². The molecule has 6 atom stereocenters. The van der Waals surface area contributed by atoms with Crippen molar-refractivity contribution in [2.24, 2.45) is 34.0 Å². The van der Waals surface area contributed by atoms with Crippen LogP contribution in [0.5, 0.6) is 0 Å². The van der Waals surface area contributed by atoms with Crippen LogP contribution in [0.3, 0.4) is 0 Å². The van der Waals surface area contributed by atoms with E-state index in [1.54, 1.807) is 0 Å². The maximum atomic E-state index is 12.4. The molecule has 0 radical (unpaired) electrons. The average molecular weight is 303 g/mol. The van der Waals surface area contributed by atoms with Crippen molar-refractivity contribution in [1.29, 1.82) is 0 Å². The number of rotatable bonds is 0. The number of carbonyl (C=O) groups excluding carboxylic acids is 1. The second-order valence-electron chi connectivity index (χ2n) is 10.1. The summed E-state index contributed by atoms with van der Waals surface area (Å²) in [5.41, 5.74) is 0.769. The fraction of sp³-hybridized carbons (Fsp3) is 0.950. The van der Waals surface area contributed by atoms with Crippen molar-refractivity contribution in [3.63, 3.8) is 0 Å². The number of amides is 1. The van der Waals surface area contributed by atoms with E-state index < -0.39 is 0 Å². The number of carbonyl (C=O) groups is 1. The molecule has 2 nitrogen and oxygen atoms in total. The Bertz CT molecular complexity index is 498. The topological polar surface area (TPSA) is 29.1 Å². The van der Waals surface area contributed by atoms with Gasteiger partial charge in [0.15, 0.2) is 0 Å². The highest BCUT2D eigenvalue weighted by molar-refractivity contribution is 5.83. The predicted molar refractivity (Wildman–Crippen MR) is 89.3 cm³/mol. The van der Waals surface area contributed by atoms with E-state index in [4.69, 9.17) is 0 Å². The molecule has 4 aliphatic rings. The number of fused-ring (bicyclic) bond motifs is 5. The Labute approximate surface area is 135 Å². The van der Waals surface area contributed by atoms with Gasteiger partial charge in [-0.05, 0) is 73.5 Å². The molecule has 0 spiro atoms. The van der Waals surface area contributed by atoms with Crippen molar-refractivity contribution in [2.45, 2.75) is 85.1 Å². The van der Waals surface area contributed by atoms with Crippen LogP contribution in [0.15, 0.2) is 0 Å². The lowest BCUT2D eigenvalue weighted by molar-refractivity contribution is -0.151. The summed E-state index contributed by atoms with van der Waals surface area (Å²) in [6.45, 7) is 9.38. The Morgan fingerprint density at radius 2 is 1.73 bits per heavy atom. The second-order valence-corrected chi connectivity index (χ2v) is 10.1. The fourth-order valence-electron chi connectivity index (χ4n) is 7.33. The molecule has 0 aromatic rings. The normalized spacial score (nSPS) is 53.2. The molecule has 2 heteroatoms. The molecule has 1 aliphatic heterocycles. The monoisotopic (exact) mass is 303 g/mol.